The van der Waals surface area contributed by atoms with E-state index in [1.807, 2.05) is 0 Å². The highest BCUT2D eigenvalue weighted by molar-refractivity contribution is 6.32. The topological polar surface area (TPSA) is 121 Å². The number of H-pyrrole nitrogens is 1. The third-order valence-electron chi connectivity index (χ3n) is 4.60. The molecule has 9 nitrogen and oxygen atoms in total. The van der Waals surface area contributed by atoms with Crippen LogP contribution in [0.5, 0.6) is 5.75 Å². The number of aromatic nitrogens is 3. The highest BCUT2D eigenvalue weighted by atomic mass is 35.5. The van der Waals surface area contributed by atoms with Crippen LogP contribution in [0.4, 0.5) is 17.3 Å². The van der Waals surface area contributed by atoms with Crippen molar-refractivity contribution in [3.8, 4) is 17.1 Å². The van der Waals surface area contributed by atoms with Crippen molar-refractivity contribution < 1.29 is 14.3 Å². The second-order valence-corrected chi connectivity index (χ2v) is 7.03. The van der Waals surface area contributed by atoms with E-state index in [-0.39, 0.29) is 17.8 Å². The summed E-state index contributed by atoms with van der Waals surface area (Å²) in [7, 11) is 1.52. The number of nitrogens with one attached hydrogen (secondary N) is 4. The summed E-state index contributed by atoms with van der Waals surface area (Å²) in [5, 5.41) is 9.15. The second-order valence-electron chi connectivity index (χ2n) is 6.63. The Balaban J connectivity index is 1.86. The van der Waals surface area contributed by atoms with Crippen molar-refractivity contribution in [1.82, 2.24) is 20.3 Å². The minimum absolute atomic E-state index is 0.170. The summed E-state index contributed by atoms with van der Waals surface area (Å²) < 4.78 is 5.43. The third kappa shape index (κ3) is 3.67. The molecule has 30 heavy (non-hydrogen) atoms. The van der Waals surface area contributed by atoms with Gasteiger partial charge in [-0.1, -0.05) is 17.7 Å². The molecule has 0 atom stereocenters. The zero-order valence-corrected chi connectivity index (χ0v) is 17.1. The average molecular weight is 427 g/mol. The van der Waals surface area contributed by atoms with Crippen LogP contribution in [0.25, 0.3) is 11.4 Å². The second kappa shape index (κ2) is 8.03. The van der Waals surface area contributed by atoms with E-state index in [9.17, 15) is 9.59 Å². The Morgan fingerprint density at radius 1 is 1.30 bits per heavy atom. The van der Waals surface area contributed by atoms with Gasteiger partial charge in [0.1, 0.15) is 0 Å². The largest absolute Gasteiger partial charge is 0.493 e. The summed E-state index contributed by atoms with van der Waals surface area (Å²) >= 11 is 6.25. The lowest BCUT2D eigenvalue weighted by Crippen LogP contribution is -2.31. The predicted molar refractivity (Wildman–Crippen MR) is 113 cm³/mol. The number of carbonyl (C=O) groups excluding carboxylic acids is 2. The summed E-state index contributed by atoms with van der Waals surface area (Å²) in [6.07, 6.45) is 2.18. The number of aromatic amines is 1. The lowest BCUT2D eigenvalue weighted by molar-refractivity contribution is -0.114. The highest BCUT2D eigenvalue weighted by Crippen LogP contribution is 2.40. The smallest absolute Gasteiger partial charge is 0.255 e. The molecule has 1 aliphatic rings. The molecule has 0 bridgehead atoms. The monoisotopic (exact) mass is 426 g/mol. The standard InChI is InChI=1S/C20H19ClN6O3/c1-10(28)24-20-23-9-7-13(27-20)16-17(15-12(25-16)6-8-22-19(15)29)26-14-5-3-4-11(21)18(14)30-2/h3-5,7,9,25-26H,6,8H2,1-2H3,(H,22,29)(H,23,24,27,28). The SMILES string of the molecule is COc1c(Cl)cccc1Nc1c(-c2ccnc(NC(C)=O)n2)[nH]c2c1C(=O)NCC2. The van der Waals surface area contributed by atoms with E-state index in [4.69, 9.17) is 16.3 Å². The number of methoxy groups -OCH3 is 1. The van der Waals surface area contributed by atoms with E-state index in [0.29, 0.717) is 52.1 Å². The Morgan fingerprint density at radius 3 is 2.90 bits per heavy atom. The molecule has 0 aliphatic carbocycles. The van der Waals surface area contributed by atoms with E-state index in [2.05, 4.69) is 30.9 Å². The Hall–Kier alpha value is -3.59. The van der Waals surface area contributed by atoms with Gasteiger partial charge in [0.05, 0.1) is 40.5 Å². The number of ether oxygens (including phenoxy) is 1. The molecule has 0 spiro atoms. The number of carbonyl (C=O) groups is 2. The summed E-state index contributed by atoms with van der Waals surface area (Å²) in [4.78, 5) is 35.8. The first-order valence-corrected chi connectivity index (χ1v) is 9.59. The van der Waals surface area contributed by atoms with Gasteiger partial charge in [-0.05, 0) is 18.2 Å². The molecule has 10 heteroatoms. The van der Waals surface area contributed by atoms with Crippen LogP contribution >= 0.6 is 11.6 Å². The number of rotatable bonds is 5. The van der Waals surface area contributed by atoms with Crippen molar-refractivity contribution in [2.45, 2.75) is 13.3 Å². The first-order chi connectivity index (χ1) is 14.5. The summed E-state index contributed by atoms with van der Waals surface area (Å²) in [6.45, 7) is 1.92. The number of hydrogen-bond acceptors (Lipinski definition) is 6. The molecule has 1 aliphatic heterocycles. The fourth-order valence-electron chi connectivity index (χ4n) is 3.36. The number of benzene rings is 1. The number of amides is 2. The Morgan fingerprint density at radius 2 is 2.13 bits per heavy atom. The summed E-state index contributed by atoms with van der Waals surface area (Å²) in [5.41, 5.74) is 3.53. The van der Waals surface area contributed by atoms with Gasteiger partial charge in [0.25, 0.3) is 5.91 Å². The Labute approximate surface area is 177 Å². The lowest BCUT2D eigenvalue weighted by Gasteiger charge is -2.16. The molecule has 4 N–H and O–H groups in total. The minimum atomic E-state index is -0.278. The lowest BCUT2D eigenvalue weighted by atomic mass is 10.1. The summed E-state index contributed by atoms with van der Waals surface area (Å²) in [5.74, 6) is 0.152. The van der Waals surface area contributed by atoms with Crippen molar-refractivity contribution in [2.24, 2.45) is 0 Å². The molecular weight excluding hydrogens is 408 g/mol. The number of para-hydroxylation sites is 1. The van der Waals surface area contributed by atoms with Crippen molar-refractivity contribution in [1.29, 1.82) is 0 Å². The first-order valence-electron chi connectivity index (χ1n) is 9.21. The van der Waals surface area contributed by atoms with Crippen LogP contribution in [0.15, 0.2) is 30.5 Å². The molecule has 3 heterocycles. The zero-order valence-electron chi connectivity index (χ0n) is 16.3. The fraction of sp³-hybridized carbons (Fsp3) is 0.200. The normalized spacial score (nSPS) is 12.7. The first kappa shape index (κ1) is 19.7. The van der Waals surface area contributed by atoms with E-state index in [0.717, 1.165) is 5.69 Å². The van der Waals surface area contributed by atoms with Gasteiger partial charge in [-0.25, -0.2) is 9.97 Å². The quantitative estimate of drug-likeness (QED) is 0.497. The highest BCUT2D eigenvalue weighted by Gasteiger charge is 2.28. The molecule has 0 saturated carbocycles. The molecule has 0 radical (unpaired) electrons. The molecule has 0 fully saturated rings. The molecule has 154 valence electrons. The van der Waals surface area contributed by atoms with Crippen LogP contribution in [0.1, 0.15) is 23.0 Å². The van der Waals surface area contributed by atoms with E-state index in [1.54, 1.807) is 24.3 Å². The van der Waals surface area contributed by atoms with Gasteiger partial charge in [0.15, 0.2) is 5.75 Å². The number of nitrogens with zero attached hydrogens (tertiary/aromatic N) is 2. The molecule has 4 rings (SSSR count). The third-order valence-corrected chi connectivity index (χ3v) is 4.89. The van der Waals surface area contributed by atoms with Crippen LogP contribution in [-0.4, -0.2) is 40.4 Å². The van der Waals surface area contributed by atoms with Crippen LogP contribution in [0.2, 0.25) is 5.02 Å². The minimum Gasteiger partial charge on any atom is -0.493 e. The molecule has 2 amide bonds. The maximum atomic E-state index is 12.7. The van der Waals surface area contributed by atoms with Gasteiger partial charge in [0.2, 0.25) is 11.9 Å². The predicted octanol–water partition coefficient (Wildman–Crippen LogP) is 3.12. The molecule has 1 aromatic carbocycles. The zero-order chi connectivity index (χ0) is 21.3. The Bertz CT molecular complexity index is 1140. The van der Waals surface area contributed by atoms with Crippen molar-refractivity contribution in [3.05, 3.63) is 46.7 Å². The van der Waals surface area contributed by atoms with Gasteiger partial charge in [-0.2, -0.15) is 0 Å². The number of halogens is 1. The van der Waals surface area contributed by atoms with Gasteiger partial charge in [-0.15, -0.1) is 0 Å². The molecule has 3 aromatic rings. The fourth-order valence-corrected chi connectivity index (χ4v) is 3.61. The van der Waals surface area contributed by atoms with Gasteiger partial charge in [-0.3, -0.25) is 14.9 Å². The van der Waals surface area contributed by atoms with Crippen LogP contribution in [-0.2, 0) is 11.2 Å². The average Bonchev–Trinajstić information content (AvgIpc) is 3.08. The molecule has 2 aromatic heterocycles. The van der Waals surface area contributed by atoms with Crippen LogP contribution in [0, 0.1) is 0 Å². The van der Waals surface area contributed by atoms with Crippen molar-refractivity contribution >= 4 is 40.7 Å². The van der Waals surface area contributed by atoms with Crippen LogP contribution < -0.4 is 20.7 Å². The molecule has 0 unspecified atom stereocenters. The van der Waals surface area contributed by atoms with E-state index in [1.165, 1.54) is 20.2 Å². The van der Waals surface area contributed by atoms with Crippen molar-refractivity contribution in [2.75, 3.05) is 24.3 Å². The maximum absolute atomic E-state index is 12.7. The van der Waals surface area contributed by atoms with Gasteiger partial charge < -0.3 is 20.4 Å². The molecule has 0 saturated heterocycles. The van der Waals surface area contributed by atoms with Gasteiger partial charge in [0, 0.05) is 31.8 Å². The number of hydrogen-bond donors (Lipinski definition) is 4. The summed E-state index contributed by atoms with van der Waals surface area (Å²) in [6, 6.07) is 7.00. The molecular formula is C20H19ClN6O3. The van der Waals surface area contributed by atoms with Crippen LogP contribution in [0.3, 0.4) is 0 Å². The van der Waals surface area contributed by atoms with Crippen molar-refractivity contribution in [3.63, 3.8) is 0 Å². The number of anilines is 3. The van der Waals surface area contributed by atoms with E-state index >= 15 is 0 Å². The van der Waals surface area contributed by atoms with E-state index < -0.39 is 0 Å². The Kier molecular flexibility index (Phi) is 5.28. The number of fused-ring (bicyclic) bond motifs is 1. The maximum Gasteiger partial charge on any atom is 0.255 e. The van der Waals surface area contributed by atoms with Gasteiger partial charge >= 0.3 is 0 Å².